The second-order valence-electron chi connectivity index (χ2n) is 5.41. The van der Waals surface area contributed by atoms with Gasteiger partial charge in [0.25, 0.3) is 5.91 Å². The Hall–Kier alpha value is -2.02. The minimum absolute atomic E-state index is 0.0678. The summed E-state index contributed by atoms with van der Waals surface area (Å²) in [5.41, 5.74) is 0.285. The van der Waals surface area contributed by atoms with Gasteiger partial charge in [0.1, 0.15) is 5.69 Å². The number of hydrogen-bond donors (Lipinski definition) is 1. The number of nitrogens with one attached hydrogen (secondary N) is 1. The third kappa shape index (κ3) is 7.69. The lowest BCUT2D eigenvalue weighted by atomic mass is 10.2. The molecule has 0 atom stereocenters. The fraction of sp³-hybridized carbons (Fsp3) is 0.625. The summed E-state index contributed by atoms with van der Waals surface area (Å²) in [4.78, 5) is 33.9. The maximum atomic E-state index is 12.5. The van der Waals surface area contributed by atoms with Gasteiger partial charge in [-0.3, -0.25) is 14.6 Å². The van der Waals surface area contributed by atoms with Gasteiger partial charge in [-0.25, -0.2) is 4.98 Å². The summed E-state index contributed by atoms with van der Waals surface area (Å²) >= 11 is 0. The van der Waals surface area contributed by atoms with Crippen LogP contribution in [-0.4, -0.2) is 59.0 Å². The molecular formula is C16H26N4O3. The van der Waals surface area contributed by atoms with Crippen molar-refractivity contribution in [3.05, 3.63) is 24.3 Å². The number of hydrogen-bond acceptors (Lipinski definition) is 5. The molecule has 7 heteroatoms. The zero-order valence-corrected chi connectivity index (χ0v) is 14.1. The predicted octanol–water partition coefficient (Wildman–Crippen LogP) is 1.26. The molecule has 0 radical (unpaired) electrons. The van der Waals surface area contributed by atoms with E-state index in [1.165, 1.54) is 18.6 Å². The highest BCUT2D eigenvalue weighted by Crippen LogP contribution is 2.03. The first kappa shape index (κ1) is 19.0. The third-order valence-corrected chi connectivity index (χ3v) is 3.05. The normalized spacial score (nSPS) is 10.6. The van der Waals surface area contributed by atoms with Gasteiger partial charge in [0.15, 0.2) is 0 Å². The van der Waals surface area contributed by atoms with Gasteiger partial charge in [-0.1, -0.05) is 0 Å². The molecule has 128 valence electrons. The van der Waals surface area contributed by atoms with Crippen molar-refractivity contribution >= 4 is 11.8 Å². The maximum absolute atomic E-state index is 12.5. The minimum atomic E-state index is -0.216. The molecule has 0 bridgehead atoms. The number of carbonyl (C=O) groups is 2. The molecule has 1 aromatic rings. The van der Waals surface area contributed by atoms with Gasteiger partial charge in [0.2, 0.25) is 5.91 Å². The lowest BCUT2D eigenvalue weighted by molar-refractivity contribution is -0.121. The number of rotatable bonds is 10. The van der Waals surface area contributed by atoms with Crippen LogP contribution in [0.4, 0.5) is 0 Å². The van der Waals surface area contributed by atoms with Crippen LogP contribution in [-0.2, 0) is 9.53 Å². The number of aromatic nitrogens is 2. The van der Waals surface area contributed by atoms with Crippen LogP contribution < -0.4 is 5.32 Å². The molecule has 1 aromatic heterocycles. The van der Waals surface area contributed by atoms with Gasteiger partial charge in [-0.05, 0) is 27.2 Å². The summed E-state index contributed by atoms with van der Waals surface area (Å²) in [7, 11) is 0. The first-order chi connectivity index (χ1) is 11.0. The molecule has 0 aliphatic rings. The molecular weight excluding hydrogens is 296 g/mol. The Balaban J connectivity index is 2.61. The molecule has 1 rings (SSSR count). The van der Waals surface area contributed by atoms with Crippen LogP contribution in [0.2, 0.25) is 0 Å². The molecule has 0 aromatic carbocycles. The van der Waals surface area contributed by atoms with E-state index in [9.17, 15) is 9.59 Å². The van der Waals surface area contributed by atoms with Crippen molar-refractivity contribution in [1.29, 1.82) is 0 Å². The highest BCUT2D eigenvalue weighted by molar-refractivity contribution is 5.92. The van der Waals surface area contributed by atoms with Gasteiger partial charge < -0.3 is 15.0 Å². The van der Waals surface area contributed by atoms with E-state index >= 15 is 0 Å². The minimum Gasteiger partial charge on any atom is -0.382 e. The summed E-state index contributed by atoms with van der Waals surface area (Å²) in [5, 5.41) is 2.82. The van der Waals surface area contributed by atoms with E-state index < -0.39 is 0 Å². The first-order valence-electron chi connectivity index (χ1n) is 7.97. The SMILES string of the molecule is CCOCCCN(CCC(=O)NC(C)C)C(=O)c1cnccn1. The Morgan fingerprint density at radius 1 is 1.30 bits per heavy atom. The maximum Gasteiger partial charge on any atom is 0.274 e. The van der Waals surface area contributed by atoms with Crippen molar-refractivity contribution in [2.24, 2.45) is 0 Å². The number of ether oxygens (including phenoxy) is 1. The summed E-state index contributed by atoms with van der Waals surface area (Å²) in [6.45, 7) is 7.84. The summed E-state index contributed by atoms with van der Waals surface area (Å²) in [6.07, 6.45) is 5.42. The average Bonchev–Trinajstić information content (AvgIpc) is 2.53. The van der Waals surface area contributed by atoms with Gasteiger partial charge in [-0.2, -0.15) is 0 Å². The van der Waals surface area contributed by atoms with E-state index in [2.05, 4.69) is 15.3 Å². The zero-order chi connectivity index (χ0) is 17.1. The van der Waals surface area contributed by atoms with E-state index in [4.69, 9.17) is 4.74 Å². The van der Waals surface area contributed by atoms with E-state index in [1.54, 1.807) is 4.90 Å². The van der Waals surface area contributed by atoms with Crippen molar-refractivity contribution < 1.29 is 14.3 Å². The molecule has 0 unspecified atom stereocenters. The fourth-order valence-corrected chi connectivity index (χ4v) is 2.02. The molecule has 0 saturated heterocycles. The molecule has 0 aliphatic carbocycles. The lowest BCUT2D eigenvalue weighted by Crippen LogP contribution is -2.38. The molecule has 2 amide bonds. The average molecular weight is 322 g/mol. The Kier molecular flexibility index (Phi) is 8.82. The van der Waals surface area contributed by atoms with Crippen molar-refractivity contribution in [3.8, 4) is 0 Å². The largest absolute Gasteiger partial charge is 0.382 e. The number of amides is 2. The lowest BCUT2D eigenvalue weighted by Gasteiger charge is -2.22. The van der Waals surface area contributed by atoms with E-state index in [1.807, 2.05) is 20.8 Å². The van der Waals surface area contributed by atoms with Gasteiger partial charge >= 0.3 is 0 Å². The molecule has 0 spiro atoms. The Bertz CT molecular complexity index is 479. The number of nitrogens with zero attached hydrogens (tertiary/aromatic N) is 3. The molecule has 0 fully saturated rings. The fourth-order valence-electron chi connectivity index (χ4n) is 2.02. The number of carbonyl (C=O) groups excluding carboxylic acids is 2. The molecule has 0 aliphatic heterocycles. The molecule has 1 N–H and O–H groups in total. The van der Waals surface area contributed by atoms with Crippen LogP contribution >= 0.6 is 0 Å². The quantitative estimate of drug-likeness (QED) is 0.656. The second-order valence-corrected chi connectivity index (χ2v) is 5.41. The molecule has 23 heavy (non-hydrogen) atoms. The summed E-state index contributed by atoms with van der Waals surface area (Å²) in [6, 6.07) is 0.0876. The van der Waals surface area contributed by atoms with E-state index in [0.29, 0.717) is 32.7 Å². The highest BCUT2D eigenvalue weighted by atomic mass is 16.5. The van der Waals surface area contributed by atoms with Gasteiger partial charge in [0.05, 0.1) is 6.20 Å². The monoisotopic (exact) mass is 322 g/mol. The molecule has 0 saturated carbocycles. The van der Waals surface area contributed by atoms with Crippen molar-refractivity contribution in [2.45, 2.75) is 39.7 Å². The van der Waals surface area contributed by atoms with Gasteiger partial charge in [-0.15, -0.1) is 0 Å². The van der Waals surface area contributed by atoms with Crippen LogP contribution in [0.15, 0.2) is 18.6 Å². The Morgan fingerprint density at radius 2 is 2.09 bits per heavy atom. The van der Waals surface area contributed by atoms with E-state index in [-0.39, 0.29) is 30.0 Å². The molecule has 7 nitrogen and oxygen atoms in total. The van der Waals surface area contributed by atoms with Crippen molar-refractivity contribution in [1.82, 2.24) is 20.2 Å². The smallest absolute Gasteiger partial charge is 0.274 e. The Labute approximate surface area is 137 Å². The van der Waals surface area contributed by atoms with Gasteiger partial charge in [0, 0.05) is 51.2 Å². The molecule has 1 heterocycles. The van der Waals surface area contributed by atoms with Crippen LogP contribution in [0, 0.1) is 0 Å². The van der Waals surface area contributed by atoms with Crippen LogP contribution in [0.1, 0.15) is 44.1 Å². The third-order valence-electron chi connectivity index (χ3n) is 3.05. The Morgan fingerprint density at radius 3 is 2.70 bits per heavy atom. The highest BCUT2D eigenvalue weighted by Gasteiger charge is 2.18. The van der Waals surface area contributed by atoms with Crippen molar-refractivity contribution in [3.63, 3.8) is 0 Å². The standard InChI is InChI=1S/C16H26N4O3/c1-4-23-11-5-9-20(10-6-15(21)19-13(2)3)16(22)14-12-17-7-8-18-14/h7-8,12-13H,4-6,9-11H2,1-3H3,(H,19,21). The van der Waals surface area contributed by atoms with Crippen LogP contribution in [0.3, 0.4) is 0 Å². The predicted molar refractivity (Wildman–Crippen MR) is 86.9 cm³/mol. The second kappa shape index (κ2) is 10.7. The topological polar surface area (TPSA) is 84.4 Å². The van der Waals surface area contributed by atoms with Crippen molar-refractivity contribution in [2.75, 3.05) is 26.3 Å². The van der Waals surface area contributed by atoms with Crippen LogP contribution in [0.25, 0.3) is 0 Å². The summed E-state index contributed by atoms with van der Waals surface area (Å²) < 4.78 is 5.30. The van der Waals surface area contributed by atoms with E-state index in [0.717, 1.165) is 0 Å². The first-order valence-corrected chi connectivity index (χ1v) is 7.97. The summed E-state index contributed by atoms with van der Waals surface area (Å²) in [5.74, 6) is -0.284. The van der Waals surface area contributed by atoms with Crippen LogP contribution in [0.5, 0.6) is 0 Å². The zero-order valence-electron chi connectivity index (χ0n) is 14.1.